The first kappa shape index (κ1) is 15.1. The van der Waals surface area contributed by atoms with E-state index < -0.39 is 5.91 Å². The number of benzene rings is 1. The summed E-state index contributed by atoms with van der Waals surface area (Å²) in [6.07, 6.45) is 4.41. The lowest BCUT2D eigenvalue weighted by molar-refractivity contribution is -0.114. The van der Waals surface area contributed by atoms with Crippen molar-refractivity contribution in [2.75, 3.05) is 14.2 Å². The number of aromatic hydroxyl groups is 1. The number of phenolic OH excluding ortho intramolecular Hbond substituents is 1. The summed E-state index contributed by atoms with van der Waals surface area (Å²) in [4.78, 5) is 10.8. The van der Waals surface area contributed by atoms with Crippen molar-refractivity contribution >= 4 is 12.0 Å². The summed E-state index contributed by atoms with van der Waals surface area (Å²) in [6, 6.07) is 4.85. The van der Waals surface area contributed by atoms with Gasteiger partial charge >= 0.3 is 0 Å². The number of hydrogen-bond acceptors (Lipinski definition) is 5. The molecule has 3 N–H and O–H groups in total. The van der Waals surface area contributed by atoms with Crippen LogP contribution < -0.4 is 15.2 Å². The fourth-order valence-corrected chi connectivity index (χ4v) is 1.44. The zero-order chi connectivity index (χ0) is 15.1. The number of allylic oxidation sites excluding steroid dienone is 2. The van der Waals surface area contributed by atoms with Crippen molar-refractivity contribution < 1.29 is 19.4 Å². The molecule has 1 aromatic rings. The van der Waals surface area contributed by atoms with Crippen LogP contribution in [0.1, 0.15) is 5.56 Å². The zero-order valence-electron chi connectivity index (χ0n) is 11.1. The molecule has 0 unspecified atom stereocenters. The highest BCUT2D eigenvalue weighted by atomic mass is 16.5. The van der Waals surface area contributed by atoms with Crippen molar-refractivity contribution in [3.63, 3.8) is 0 Å². The highest BCUT2D eigenvalue weighted by Crippen LogP contribution is 2.37. The minimum Gasteiger partial charge on any atom is -0.502 e. The lowest BCUT2D eigenvalue weighted by Crippen LogP contribution is -2.12. The van der Waals surface area contributed by atoms with Gasteiger partial charge in [0.25, 0.3) is 5.91 Å². The van der Waals surface area contributed by atoms with Gasteiger partial charge in [0, 0.05) is 0 Å². The maximum atomic E-state index is 10.8. The SMILES string of the molecule is COc1cc(C=CC=C(C#N)C(N)=O)cc(OC)c1O. The molecule has 6 heteroatoms. The van der Waals surface area contributed by atoms with E-state index in [1.54, 1.807) is 24.3 Å². The summed E-state index contributed by atoms with van der Waals surface area (Å²) in [7, 11) is 2.84. The number of carbonyl (C=O) groups excluding carboxylic acids is 1. The monoisotopic (exact) mass is 274 g/mol. The molecule has 0 saturated carbocycles. The molecule has 0 atom stereocenters. The van der Waals surface area contributed by atoms with Crippen LogP contribution in [0.2, 0.25) is 0 Å². The molecular formula is C14H14N2O4. The molecule has 0 saturated heterocycles. The number of nitrogens with two attached hydrogens (primary N) is 1. The Morgan fingerprint density at radius 2 is 1.90 bits per heavy atom. The van der Waals surface area contributed by atoms with Gasteiger partial charge in [0.1, 0.15) is 11.6 Å². The van der Waals surface area contributed by atoms with Crippen LogP contribution in [0.3, 0.4) is 0 Å². The van der Waals surface area contributed by atoms with Crippen LogP contribution in [0.25, 0.3) is 6.08 Å². The molecule has 0 aliphatic rings. The molecular weight excluding hydrogens is 260 g/mol. The maximum absolute atomic E-state index is 10.8. The molecule has 0 heterocycles. The van der Waals surface area contributed by atoms with E-state index in [1.165, 1.54) is 26.4 Å². The molecule has 104 valence electrons. The Labute approximate surface area is 116 Å². The third-order valence-corrected chi connectivity index (χ3v) is 2.44. The average Bonchev–Trinajstić information content (AvgIpc) is 2.44. The number of phenols is 1. The summed E-state index contributed by atoms with van der Waals surface area (Å²) >= 11 is 0. The van der Waals surface area contributed by atoms with Gasteiger partial charge in [-0.05, 0) is 23.8 Å². The summed E-state index contributed by atoms with van der Waals surface area (Å²) in [6.45, 7) is 0. The second kappa shape index (κ2) is 6.85. The van der Waals surface area contributed by atoms with Gasteiger partial charge in [0.05, 0.1) is 14.2 Å². The lowest BCUT2D eigenvalue weighted by Gasteiger charge is -2.09. The number of amides is 1. The van der Waals surface area contributed by atoms with E-state index in [-0.39, 0.29) is 22.8 Å². The Morgan fingerprint density at radius 1 is 1.35 bits per heavy atom. The van der Waals surface area contributed by atoms with E-state index in [1.807, 2.05) is 0 Å². The molecule has 0 aliphatic carbocycles. The maximum Gasteiger partial charge on any atom is 0.259 e. The lowest BCUT2D eigenvalue weighted by atomic mass is 10.1. The van der Waals surface area contributed by atoms with E-state index in [0.29, 0.717) is 5.56 Å². The number of nitriles is 1. The zero-order valence-corrected chi connectivity index (χ0v) is 11.1. The van der Waals surface area contributed by atoms with Crippen LogP contribution in [-0.2, 0) is 4.79 Å². The van der Waals surface area contributed by atoms with Gasteiger partial charge < -0.3 is 20.3 Å². The largest absolute Gasteiger partial charge is 0.502 e. The minimum absolute atomic E-state index is 0.0995. The van der Waals surface area contributed by atoms with Crippen molar-refractivity contribution in [3.8, 4) is 23.3 Å². The first-order chi connectivity index (χ1) is 9.53. The normalized spacial score (nSPS) is 11.2. The van der Waals surface area contributed by atoms with Gasteiger partial charge in [-0.3, -0.25) is 4.79 Å². The van der Waals surface area contributed by atoms with Gasteiger partial charge in [-0.1, -0.05) is 12.2 Å². The van der Waals surface area contributed by atoms with Crippen molar-refractivity contribution in [1.82, 2.24) is 0 Å². The Bertz CT molecular complexity index is 587. The molecule has 0 fully saturated rings. The third-order valence-electron chi connectivity index (χ3n) is 2.44. The minimum atomic E-state index is -0.794. The molecule has 0 spiro atoms. The Morgan fingerprint density at radius 3 is 2.30 bits per heavy atom. The molecule has 1 amide bonds. The first-order valence-electron chi connectivity index (χ1n) is 5.56. The van der Waals surface area contributed by atoms with Crippen LogP contribution in [0.15, 0.2) is 29.9 Å². The van der Waals surface area contributed by atoms with E-state index in [2.05, 4.69) is 0 Å². The first-order valence-corrected chi connectivity index (χ1v) is 5.56. The molecule has 0 aromatic heterocycles. The number of carbonyl (C=O) groups is 1. The van der Waals surface area contributed by atoms with Gasteiger partial charge in [-0.2, -0.15) is 5.26 Å². The second-order valence-electron chi connectivity index (χ2n) is 3.69. The Kier molecular flexibility index (Phi) is 5.18. The number of ether oxygens (including phenoxy) is 2. The number of rotatable bonds is 5. The third kappa shape index (κ3) is 3.53. The molecule has 6 nitrogen and oxygen atoms in total. The van der Waals surface area contributed by atoms with Crippen LogP contribution in [0.5, 0.6) is 17.2 Å². The predicted molar refractivity (Wildman–Crippen MR) is 73.1 cm³/mol. The number of primary amides is 1. The number of methoxy groups -OCH3 is 2. The fourth-order valence-electron chi connectivity index (χ4n) is 1.44. The molecule has 1 rings (SSSR count). The second-order valence-corrected chi connectivity index (χ2v) is 3.69. The van der Waals surface area contributed by atoms with Gasteiger partial charge in [-0.25, -0.2) is 0 Å². The van der Waals surface area contributed by atoms with Crippen molar-refractivity contribution in [2.45, 2.75) is 0 Å². The van der Waals surface area contributed by atoms with Crippen LogP contribution >= 0.6 is 0 Å². The van der Waals surface area contributed by atoms with E-state index in [0.717, 1.165) is 0 Å². The van der Waals surface area contributed by atoms with Crippen molar-refractivity contribution in [3.05, 3.63) is 35.4 Å². The van der Waals surface area contributed by atoms with E-state index in [9.17, 15) is 9.90 Å². The molecule has 1 aromatic carbocycles. The van der Waals surface area contributed by atoms with E-state index >= 15 is 0 Å². The van der Waals surface area contributed by atoms with Gasteiger partial charge in [0.15, 0.2) is 11.5 Å². The summed E-state index contributed by atoms with van der Waals surface area (Å²) in [5, 5.41) is 18.4. The Hall–Kier alpha value is -2.94. The smallest absolute Gasteiger partial charge is 0.259 e. The topological polar surface area (TPSA) is 106 Å². The molecule has 0 radical (unpaired) electrons. The predicted octanol–water partition coefficient (Wildman–Crippen LogP) is 1.36. The standard InChI is InChI=1S/C14H14N2O4/c1-19-11-6-9(7-12(20-2)13(11)17)4-3-5-10(8-15)14(16)18/h3-7,17H,1-2H3,(H2,16,18). The van der Waals surface area contributed by atoms with Crippen LogP contribution in [0.4, 0.5) is 0 Å². The van der Waals surface area contributed by atoms with E-state index in [4.69, 9.17) is 20.5 Å². The molecule has 0 aliphatic heterocycles. The van der Waals surface area contributed by atoms with Crippen LogP contribution in [-0.4, -0.2) is 25.2 Å². The fraction of sp³-hybridized carbons (Fsp3) is 0.143. The quantitative estimate of drug-likeness (QED) is 0.479. The van der Waals surface area contributed by atoms with Gasteiger partial charge in [-0.15, -0.1) is 0 Å². The summed E-state index contributed by atoms with van der Waals surface area (Å²) < 4.78 is 10.0. The number of hydrogen-bond donors (Lipinski definition) is 2. The number of nitrogens with zero attached hydrogens (tertiary/aromatic N) is 1. The molecule has 20 heavy (non-hydrogen) atoms. The van der Waals surface area contributed by atoms with Crippen molar-refractivity contribution in [1.29, 1.82) is 5.26 Å². The average molecular weight is 274 g/mol. The Balaban J connectivity index is 3.10. The molecule has 0 bridgehead atoms. The summed E-state index contributed by atoms with van der Waals surface area (Å²) in [5.41, 5.74) is 5.51. The van der Waals surface area contributed by atoms with Gasteiger partial charge in [0.2, 0.25) is 5.75 Å². The van der Waals surface area contributed by atoms with Crippen molar-refractivity contribution in [2.24, 2.45) is 5.73 Å². The highest BCUT2D eigenvalue weighted by molar-refractivity contribution is 5.96. The highest BCUT2D eigenvalue weighted by Gasteiger charge is 2.09. The summed E-state index contributed by atoms with van der Waals surface area (Å²) in [5.74, 6) is -0.387. The van der Waals surface area contributed by atoms with Crippen LogP contribution in [0, 0.1) is 11.3 Å².